The maximum atomic E-state index is 13.2. The summed E-state index contributed by atoms with van der Waals surface area (Å²) >= 11 is 3.33. The van der Waals surface area contributed by atoms with E-state index < -0.39 is 22.5 Å². The van der Waals surface area contributed by atoms with E-state index >= 15 is 0 Å². The molecule has 0 aromatic heterocycles. The first-order valence-electron chi connectivity index (χ1n) is 9.19. The average Bonchev–Trinajstić information content (AvgIpc) is 2.79. The third-order valence-corrected chi connectivity index (χ3v) is 6.55. The van der Waals surface area contributed by atoms with E-state index in [9.17, 15) is 13.2 Å². The summed E-state index contributed by atoms with van der Waals surface area (Å²) in [6, 6.07) is 21.8. The van der Waals surface area contributed by atoms with E-state index in [1.54, 1.807) is 73.8 Å². The van der Waals surface area contributed by atoms with Crippen molar-refractivity contribution in [3.63, 3.8) is 0 Å². The van der Waals surface area contributed by atoms with Crippen molar-refractivity contribution in [3.05, 3.63) is 88.9 Å². The van der Waals surface area contributed by atoms with Crippen molar-refractivity contribution in [2.24, 2.45) is 5.10 Å². The molecule has 0 saturated heterocycles. The molecule has 3 aromatic carbocycles. The molecule has 0 atom stereocenters. The van der Waals surface area contributed by atoms with E-state index in [4.69, 9.17) is 4.74 Å². The van der Waals surface area contributed by atoms with Crippen LogP contribution < -0.4 is 14.5 Å². The number of rotatable bonds is 8. The maximum Gasteiger partial charge on any atom is 0.264 e. The first kappa shape index (κ1) is 22.5. The van der Waals surface area contributed by atoms with Crippen LogP contribution in [0.25, 0.3) is 0 Å². The van der Waals surface area contributed by atoms with Gasteiger partial charge in [0.1, 0.15) is 12.3 Å². The van der Waals surface area contributed by atoms with Gasteiger partial charge < -0.3 is 4.74 Å². The van der Waals surface area contributed by atoms with Crippen LogP contribution in [-0.2, 0) is 14.8 Å². The van der Waals surface area contributed by atoms with E-state index in [0.717, 1.165) is 14.3 Å². The van der Waals surface area contributed by atoms with Gasteiger partial charge in [-0.2, -0.15) is 5.10 Å². The number of sulfonamides is 1. The molecule has 0 aliphatic carbocycles. The van der Waals surface area contributed by atoms with Crippen molar-refractivity contribution >= 4 is 43.8 Å². The number of amides is 1. The number of nitrogens with one attached hydrogen (secondary N) is 1. The Hall–Kier alpha value is -3.17. The van der Waals surface area contributed by atoms with E-state index in [0.29, 0.717) is 11.4 Å². The molecule has 160 valence electrons. The summed E-state index contributed by atoms with van der Waals surface area (Å²) in [7, 11) is -2.40. The molecule has 31 heavy (non-hydrogen) atoms. The Labute approximate surface area is 189 Å². The second-order valence-corrected chi connectivity index (χ2v) is 9.15. The van der Waals surface area contributed by atoms with Gasteiger partial charge in [0.05, 0.1) is 23.9 Å². The third-order valence-electron chi connectivity index (χ3n) is 4.23. The van der Waals surface area contributed by atoms with Crippen molar-refractivity contribution in [1.29, 1.82) is 0 Å². The number of hydrogen-bond acceptors (Lipinski definition) is 5. The molecule has 0 bridgehead atoms. The lowest BCUT2D eigenvalue weighted by molar-refractivity contribution is -0.119. The number of carbonyl (C=O) groups is 1. The fourth-order valence-electron chi connectivity index (χ4n) is 2.71. The molecule has 0 fully saturated rings. The number of hydrogen-bond donors (Lipinski definition) is 1. The summed E-state index contributed by atoms with van der Waals surface area (Å²) in [4.78, 5) is 12.6. The van der Waals surface area contributed by atoms with E-state index in [-0.39, 0.29) is 4.90 Å². The van der Waals surface area contributed by atoms with Crippen LogP contribution in [0.2, 0.25) is 0 Å². The summed E-state index contributed by atoms with van der Waals surface area (Å²) in [5, 5.41) is 3.92. The van der Waals surface area contributed by atoms with E-state index in [1.165, 1.54) is 18.3 Å². The molecule has 1 N–H and O–H groups in total. The highest BCUT2D eigenvalue weighted by atomic mass is 79.9. The number of anilines is 1. The van der Waals surface area contributed by atoms with Crippen LogP contribution >= 0.6 is 15.9 Å². The minimum Gasteiger partial charge on any atom is -0.497 e. The summed E-state index contributed by atoms with van der Waals surface area (Å²) < 4.78 is 33.4. The maximum absolute atomic E-state index is 13.2. The third kappa shape index (κ3) is 5.93. The standard InChI is InChI=1S/C22H20BrN3O4S/c1-30-20-7-5-6-17(14-20)15-24-25-22(27)16-26(19-12-10-18(23)11-13-19)31(28,29)21-8-3-2-4-9-21/h2-15H,16H2,1H3,(H,25,27)/b24-15-. The number of carbonyl (C=O) groups excluding carboxylic acids is 1. The van der Waals surface area contributed by atoms with Crippen LogP contribution in [0, 0.1) is 0 Å². The number of hydrazone groups is 1. The van der Waals surface area contributed by atoms with Crippen LogP contribution in [0.4, 0.5) is 5.69 Å². The SMILES string of the molecule is COc1cccc(/C=N\NC(=O)CN(c2ccc(Br)cc2)S(=O)(=O)c2ccccc2)c1. The minimum atomic E-state index is -3.96. The minimum absolute atomic E-state index is 0.0885. The van der Waals surface area contributed by atoms with Crippen LogP contribution in [0.5, 0.6) is 5.75 Å². The predicted octanol–water partition coefficient (Wildman–Crippen LogP) is 3.80. The van der Waals surface area contributed by atoms with E-state index in [2.05, 4.69) is 26.5 Å². The summed E-state index contributed by atoms with van der Waals surface area (Å²) in [5.74, 6) is 0.0761. The van der Waals surface area contributed by atoms with Gasteiger partial charge in [0.2, 0.25) is 0 Å². The first-order chi connectivity index (χ1) is 14.9. The molecule has 7 nitrogen and oxygen atoms in total. The van der Waals surface area contributed by atoms with Gasteiger partial charge in [-0.1, -0.05) is 46.3 Å². The molecule has 0 heterocycles. The van der Waals surface area contributed by atoms with Gasteiger partial charge in [0, 0.05) is 4.47 Å². The molecule has 0 aliphatic rings. The zero-order valence-corrected chi connectivity index (χ0v) is 19.0. The quantitative estimate of drug-likeness (QED) is 0.375. The highest BCUT2D eigenvalue weighted by Gasteiger charge is 2.27. The van der Waals surface area contributed by atoms with Crippen molar-refractivity contribution in [2.75, 3.05) is 18.0 Å². The number of ether oxygens (including phenoxy) is 1. The highest BCUT2D eigenvalue weighted by molar-refractivity contribution is 9.10. The number of nitrogens with zero attached hydrogens (tertiary/aromatic N) is 2. The summed E-state index contributed by atoms with van der Waals surface area (Å²) in [6.07, 6.45) is 1.45. The Morgan fingerprint density at radius 3 is 2.45 bits per heavy atom. The van der Waals surface area contributed by atoms with Crippen LogP contribution in [-0.4, -0.2) is 34.2 Å². The second-order valence-electron chi connectivity index (χ2n) is 6.37. The molecular weight excluding hydrogens is 482 g/mol. The van der Waals surface area contributed by atoms with Gasteiger partial charge in [-0.25, -0.2) is 13.8 Å². The molecule has 1 amide bonds. The molecule has 0 aliphatic heterocycles. The molecule has 0 radical (unpaired) electrons. The van der Waals surface area contributed by atoms with Crippen LogP contribution in [0.15, 0.2) is 93.3 Å². The van der Waals surface area contributed by atoms with Crippen molar-refractivity contribution < 1.29 is 17.9 Å². The second kappa shape index (κ2) is 10.2. The smallest absolute Gasteiger partial charge is 0.264 e. The van der Waals surface area contributed by atoms with Crippen molar-refractivity contribution in [2.45, 2.75) is 4.90 Å². The van der Waals surface area contributed by atoms with Gasteiger partial charge in [0.15, 0.2) is 0 Å². The number of halogens is 1. The molecule has 0 saturated carbocycles. The van der Waals surface area contributed by atoms with Gasteiger partial charge in [-0.3, -0.25) is 9.10 Å². The van der Waals surface area contributed by atoms with Crippen LogP contribution in [0.3, 0.4) is 0 Å². The van der Waals surface area contributed by atoms with Crippen LogP contribution in [0.1, 0.15) is 5.56 Å². The van der Waals surface area contributed by atoms with Gasteiger partial charge in [0.25, 0.3) is 15.9 Å². The van der Waals surface area contributed by atoms with Gasteiger partial charge in [-0.15, -0.1) is 0 Å². The molecule has 0 unspecified atom stereocenters. The molecule has 3 aromatic rings. The highest BCUT2D eigenvalue weighted by Crippen LogP contribution is 2.25. The Kier molecular flexibility index (Phi) is 7.43. The first-order valence-corrected chi connectivity index (χ1v) is 11.4. The van der Waals surface area contributed by atoms with Crippen molar-refractivity contribution in [3.8, 4) is 5.75 Å². The Bertz CT molecular complexity index is 1170. The number of methoxy groups -OCH3 is 1. The summed E-state index contributed by atoms with van der Waals surface area (Å²) in [5.41, 5.74) is 3.46. The van der Waals surface area contributed by atoms with E-state index in [1.807, 2.05) is 0 Å². The molecule has 3 rings (SSSR count). The van der Waals surface area contributed by atoms with Gasteiger partial charge >= 0.3 is 0 Å². The lowest BCUT2D eigenvalue weighted by Crippen LogP contribution is -2.39. The fraction of sp³-hybridized carbons (Fsp3) is 0.0909. The monoisotopic (exact) mass is 501 g/mol. The molecule has 0 spiro atoms. The Morgan fingerprint density at radius 1 is 1.06 bits per heavy atom. The topological polar surface area (TPSA) is 88.1 Å². The lowest BCUT2D eigenvalue weighted by Gasteiger charge is -2.23. The zero-order valence-electron chi connectivity index (χ0n) is 16.6. The summed E-state index contributed by atoms with van der Waals surface area (Å²) in [6.45, 7) is -0.436. The normalized spacial score (nSPS) is 11.3. The lowest BCUT2D eigenvalue weighted by atomic mass is 10.2. The zero-order chi connectivity index (χ0) is 22.3. The average molecular weight is 502 g/mol. The van der Waals surface area contributed by atoms with Gasteiger partial charge in [-0.05, 0) is 54.1 Å². The Morgan fingerprint density at radius 2 is 1.77 bits per heavy atom. The Balaban J connectivity index is 1.80. The predicted molar refractivity (Wildman–Crippen MR) is 124 cm³/mol. The molecule has 9 heteroatoms. The van der Waals surface area contributed by atoms with Crippen molar-refractivity contribution in [1.82, 2.24) is 5.43 Å². The fourth-order valence-corrected chi connectivity index (χ4v) is 4.41. The molecular formula is C22H20BrN3O4S. The largest absolute Gasteiger partial charge is 0.497 e. The number of benzene rings is 3.